The van der Waals surface area contributed by atoms with Crippen molar-refractivity contribution in [2.24, 2.45) is 11.5 Å². The van der Waals surface area contributed by atoms with Gasteiger partial charge >= 0.3 is 18.0 Å². The van der Waals surface area contributed by atoms with Gasteiger partial charge in [0, 0.05) is 13.1 Å². The van der Waals surface area contributed by atoms with Gasteiger partial charge in [-0.3, -0.25) is 4.79 Å². The van der Waals surface area contributed by atoms with Crippen LogP contribution in [-0.4, -0.2) is 48.2 Å². The number of carbonyl (C=O) groups is 4. The highest BCUT2D eigenvalue weighted by atomic mass is 16.4. The Morgan fingerprint density at radius 3 is 2.06 bits per heavy atom. The third-order valence-electron chi connectivity index (χ3n) is 1.72. The summed E-state index contributed by atoms with van der Waals surface area (Å²) < 4.78 is 0. The highest BCUT2D eigenvalue weighted by Crippen LogP contribution is 1.91. The summed E-state index contributed by atoms with van der Waals surface area (Å²) in [6.45, 7) is 0.147. The van der Waals surface area contributed by atoms with Crippen molar-refractivity contribution in [3.05, 3.63) is 0 Å². The molecule has 102 valence electrons. The lowest BCUT2D eigenvalue weighted by atomic mass is 10.2. The number of nitrogens with one attached hydrogen (secondary N) is 3. The monoisotopic (exact) mass is 261 g/mol. The molecule has 0 fully saturated rings. The molecular formula is C8H15N5O5. The predicted octanol–water partition coefficient (Wildman–Crippen LogP) is -2.72. The molecule has 0 radical (unpaired) electrons. The summed E-state index contributed by atoms with van der Waals surface area (Å²) in [5.41, 5.74) is 9.60. The first kappa shape index (κ1) is 15.5. The van der Waals surface area contributed by atoms with Crippen molar-refractivity contribution in [2.75, 3.05) is 13.1 Å². The Labute approximate surface area is 102 Å². The molecule has 18 heavy (non-hydrogen) atoms. The molecule has 0 aliphatic heterocycles. The van der Waals surface area contributed by atoms with Crippen molar-refractivity contribution in [3.8, 4) is 0 Å². The lowest BCUT2D eigenvalue weighted by Gasteiger charge is -2.13. The van der Waals surface area contributed by atoms with Crippen molar-refractivity contribution in [1.29, 1.82) is 0 Å². The fraction of sp³-hybridized carbons (Fsp3) is 0.500. The molecule has 0 bridgehead atoms. The van der Waals surface area contributed by atoms with E-state index in [9.17, 15) is 19.2 Å². The molecule has 0 unspecified atom stereocenters. The number of primary amides is 2. The number of amides is 5. The van der Waals surface area contributed by atoms with E-state index in [0.717, 1.165) is 0 Å². The first-order chi connectivity index (χ1) is 8.32. The molecule has 0 spiro atoms. The predicted molar refractivity (Wildman–Crippen MR) is 59.4 cm³/mol. The van der Waals surface area contributed by atoms with E-state index in [-0.39, 0.29) is 13.1 Å². The zero-order chi connectivity index (χ0) is 14.1. The number of aliphatic carboxylic acids is 1. The number of hydrogen-bond acceptors (Lipinski definition) is 4. The molecule has 0 aromatic carbocycles. The topological polar surface area (TPSA) is 177 Å². The molecule has 0 aliphatic carbocycles. The van der Waals surface area contributed by atoms with Crippen LogP contribution in [-0.2, 0) is 9.59 Å². The van der Waals surface area contributed by atoms with Gasteiger partial charge in [-0.1, -0.05) is 0 Å². The second-order valence-corrected chi connectivity index (χ2v) is 3.25. The third-order valence-corrected chi connectivity index (χ3v) is 1.72. The Kier molecular flexibility index (Phi) is 6.63. The number of nitrogens with two attached hydrogens (primary N) is 2. The Balaban J connectivity index is 3.99. The van der Waals surface area contributed by atoms with Crippen molar-refractivity contribution in [1.82, 2.24) is 16.0 Å². The molecule has 0 aromatic heterocycles. The van der Waals surface area contributed by atoms with Crippen LogP contribution >= 0.6 is 0 Å². The Hall–Kier alpha value is -2.52. The van der Waals surface area contributed by atoms with E-state index < -0.39 is 36.4 Å². The number of hydrogen-bond donors (Lipinski definition) is 6. The summed E-state index contributed by atoms with van der Waals surface area (Å²) >= 11 is 0. The molecule has 0 saturated heterocycles. The van der Waals surface area contributed by atoms with Crippen LogP contribution in [0.3, 0.4) is 0 Å². The second-order valence-electron chi connectivity index (χ2n) is 3.25. The third kappa shape index (κ3) is 7.73. The summed E-state index contributed by atoms with van der Waals surface area (Å²) in [6.07, 6.45) is -0.512. The van der Waals surface area contributed by atoms with Crippen LogP contribution in [0.5, 0.6) is 0 Å². The van der Waals surface area contributed by atoms with E-state index in [1.807, 2.05) is 5.32 Å². The minimum Gasteiger partial charge on any atom is -0.480 e. The zero-order valence-electron chi connectivity index (χ0n) is 9.43. The van der Waals surface area contributed by atoms with Gasteiger partial charge in [-0.2, -0.15) is 0 Å². The minimum absolute atomic E-state index is 0.0533. The van der Waals surface area contributed by atoms with E-state index in [0.29, 0.717) is 0 Å². The SMILES string of the molecule is NC(=O)C[C@H](NC(=O)NCCNC(N)=O)C(=O)O. The van der Waals surface area contributed by atoms with Gasteiger partial charge in [0.2, 0.25) is 5.91 Å². The molecular weight excluding hydrogens is 246 g/mol. The van der Waals surface area contributed by atoms with E-state index in [1.54, 1.807) is 0 Å². The van der Waals surface area contributed by atoms with E-state index in [2.05, 4.69) is 10.6 Å². The summed E-state index contributed by atoms with van der Waals surface area (Å²) in [7, 11) is 0. The summed E-state index contributed by atoms with van der Waals surface area (Å²) in [4.78, 5) is 42.7. The number of carboxylic acids is 1. The number of carbonyl (C=O) groups excluding carboxylic acids is 3. The number of urea groups is 2. The van der Waals surface area contributed by atoms with Crippen LogP contribution in [0.15, 0.2) is 0 Å². The van der Waals surface area contributed by atoms with Crippen LogP contribution in [0.4, 0.5) is 9.59 Å². The van der Waals surface area contributed by atoms with Crippen molar-refractivity contribution in [3.63, 3.8) is 0 Å². The van der Waals surface area contributed by atoms with Crippen molar-refractivity contribution >= 4 is 23.9 Å². The van der Waals surface area contributed by atoms with Gasteiger partial charge in [-0.15, -0.1) is 0 Å². The molecule has 0 saturated carbocycles. The molecule has 8 N–H and O–H groups in total. The van der Waals surface area contributed by atoms with E-state index in [1.165, 1.54) is 0 Å². The quantitative estimate of drug-likeness (QED) is 0.272. The Morgan fingerprint density at radius 2 is 1.61 bits per heavy atom. The fourth-order valence-corrected chi connectivity index (χ4v) is 0.972. The molecule has 10 heteroatoms. The van der Waals surface area contributed by atoms with Gasteiger partial charge in [0.15, 0.2) is 0 Å². The zero-order valence-corrected chi connectivity index (χ0v) is 9.43. The van der Waals surface area contributed by atoms with Gasteiger partial charge in [0.05, 0.1) is 6.42 Å². The number of carboxylic acid groups (broad SMARTS) is 1. The summed E-state index contributed by atoms with van der Waals surface area (Å²) in [5, 5.41) is 15.2. The van der Waals surface area contributed by atoms with Gasteiger partial charge in [0.25, 0.3) is 0 Å². The lowest BCUT2D eigenvalue weighted by Crippen LogP contribution is -2.49. The van der Waals surface area contributed by atoms with Crippen molar-refractivity contribution in [2.45, 2.75) is 12.5 Å². The molecule has 1 atom stereocenters. The molecule has 0 aromatic rings. The lowest BCUT2D eigenvalue weighted by molar-refractivity contribution is -0.140. The first-order valence-corrected chi connectivity index (χ1v) is 4.91. The highest BCUT2D eigenvalue weighted by Gasteiger charge is 2.21. The van der Waals surface area contributed by atoms with Crippen LogP contribution in [0.25, 0.3) is 0 Å². The maximum atomic E-state index is 11.2. The average Bonchev–Trinajstić information content (AvgIpc) is 2.22. The summed E-state index contributed by atoms with van der Waals surface area (Å²) in [6, 6.07) is -2.93. The maximum Gasteiger partial charge on any atom is 0.326 e. The summed E-state index contributed by atoms with van der Waals surface area (Å²) in [5.74, 6) is -2.22. The van der Waals surface area contributed by atoms with Crippen LogP contribution in [0.1, 0.15) is 6.42 Å². The number of rotatable bonds is 7. The second kappa shape index (κ2) is 7.70. The van der Waals surface area contributed by atoms with Crippen LogP contribution < -0.4 is 27.4 Å². The van der Waals surface area contributed by atoms with Crippen molar-refractivity contribution < 1.29 is 24.3 Å². The average molecular weight is 261 g/mol. The standard InChI is InChI=1S/C8H15N5O5/c9-5(14)3-4(6(15)16)13-8(18)12-2-1-11-7(10)17/h4H,1-3H2,(H2,9,14)(H,15,16)(H3,10,11,17)(H2,12,13,18)/t4-/m0/s1. The molecule has 10 nitrogen and oxygen atoms in total. The van der Waals surface area contributed by atoms with Gasteiger partial charge in [0.1, 0.15) is 6.04 Å². The van der Waals surface area contributed by atoms with Gasteiger partial charge in [-0.05, 0) is 0 Å². The fourth-order valence-electron chi connectivity index (χ4n) is 0.972. The minimum atomic E-state index is -1.40. The molecule has 0 aliphatic rings. The maximum absolute atomic E-state index is 11.2. The van der Waals surface area contributed by atoms with Crippen LogP contribution in [0, 0.1) is 0 Å². The molecule has 5 amide bonds. The van der Waals surface area contributed by atoms with E-state index in [4.69, 9.17) is 16.6 Å². The van der Waals surface area contributed by atoms with E-state index >= 15 is 0 Å². The smallest absolute Gasteiger partial charge is 0.326 e. The van der Waals surface area contributed by atoms with Crippen LogP contribution in [0.2, 0.25) is 0 Å². The Bertz CT molecular complexity index is 345. The first-order valence-electron chi connectivity index (χ1n) is 4.91. The molecule has 0 rings (SSSR count). The Morgan fingerprint density at radius 1 is 1.06 bits per heavy atom. The largest absolute Gasteiger partial charge is 0.480 e. The van der Waals surface area contributed by atoms with Gasteiger partial charge < -0.3 is 32.5 Å². The van der Waals surface area contributed by atoms with Gasteiger partial charge in [-0.25, -0.2) is 14.4 Å². The highest BCUT2D eigenvalue weighted by molar-refractivity contribution is 5.87. The normalized spacial score (nSPS) is 11.1. The molecule has 0 heterocycles.